The summed E-state index contributed by atoms with van der Waals surface area (Å²) in [6, 6.07) is 41.0. The normalized spacial score (nSPS) is 11.4. The van der Waals surface area contributed by atoms with Gasteiger partial charge in [0.25, 0.3) is 6.47 Å². The predicted molar refractivity (Wildman–Crippen MR) is 484 cm³/mol. The van der Waals surface area contributed by atoms with Gasteiger partial charge in [0.1, 0.15) is 40.9 Å². The smallest absolute Gasteiger partial charge is 1.00 e. The van der Waals surface area contributed by atoms with Crippen LogP contribution < -0.4 is 168 Å². The molecule has 2 atom stereocenters. The largest absolute Gasteiger partial charge is 1.00 e. The Labute approximate surface area is 880 Å². The zero-order chi connectivity index (χ0) is 92.9. The number of phenols is 1. The number of aryl methyl sites for hydroxylation is 3. The molecule has 0 bridgehead atoms. The third-order valence-electron chi connectivity index (χ3n) is 18.7. The van der Waals surface area contributed by atoms with Gasteiger partial charge in [-0.3, -0.25) is 43.4 Å². The van der Waals surface area contributed by atoms with E-state index in [4.69, 9.17) is 58.2 Å². The van der Waals surface area contributed by atoms with Crippen molar-refractivity contribution in [3.63, 3.8) is 0 Å². The second-order valence-corrected chi connectivity index (χ2v) is 34.9. The topological polar surface area (TPSA) is 428 Å². The number of methoxy groups -OCH3 is 2. The molecule has 129 heavy (non-hydrogen) atoms. The third-order valence-corrected chi connectivity index (χ3v) is 22.3. The molecule has 32 nitrogen and oxygen atoms in total. The fraction of sp³-hybridized carbons (Fsp3) is 0.424. The van der Waals surface area contributed by atoms with E-state index in [9.17, 15) is 51.9 Å². The van der Waals surface area contributed by atoms with Crippen LogP contribution in [-0.4, -0.2) is 201 Å². The Morgan fingerprint density at radius 3 is 1.38 bits per heavy atom. The number of amides is 4. The van der Waals surface area contributed by atoms with Crippen molar-refractivity contribution < 1.29 is 249 Å². The van der Waals surface area contributed by atoms with E-state index >= 15 is 0 Å². The van der Waals surface area contributed by atoms with E-state index in [2.05, 4.69) is 41.6 Å². The number of azide groups is 1. The molecule has 0 unspecified atom stereocenters. The number of ether oxygens (including phenoxy) is 9. The van der Waals surface area contributed by atoms with Crippen molar-refractivity contribution >= 4 is 118 Å². The molecule has 686 valence electrons. The Kier molecular flexibility index (Phi) is 53.3. The van der Waals surface area contributed by atoms with Crippen molar-refractivity contribution in [3.05, 3.63) is 195 Å². The molecule has 9 rings (SSSR count). The van der Waals surface area contributed by atoms with Crippen LogP contribution in [0.5, 0.6) is 11.5 Å². The number of esters is 2. The molecule has 4 heterocycles. The zero-order valence-electron chi connectivity index (χ0n) is 76.8. The summed E-state index contributed by atoms with van der Waals surface area (Å²) in [6.45, 7) is 21.9. The molecule has 0 saturated heterocycles. The fourth-order valence-corrected chi connectivity index (χ4v) is 15.0. The predicted octanol–water partition coefficient (Wildman–Crippen LogP) is 9.24. The summed E-state index contributed by atoms with van der Waals surface area (Å²) >= 11 is 3.05. The van der Waals surface area contributed by atoms with Gasteiger partial charge < -0.3 is 69.9 Å². The van der Waals surface area contributed by atoms with E-state index in [0.29, 0.717) is 95.4 Å². The standard InChI is InChI=1S/C46H60N6O11S.C36H41N3O7S.C9H12O2S.CH2O3.2Cs.H/c1-33-14-16-48-41(29-33)52(45(56)63-46(2,3)4)18-6-7-42(54)49-32-37(53)30-36(31-43(55)57-5)34-8-10-35(11-9-34)38-12-13-40(44-39(38)15-28-64-44)62-27-26-61-25-24-60-23-22-59-21-20-58-19-17-50-51-47;1-23-14-16-37-31(19-23)39(35(44)46-36(2,3)4)17-6-7-32(42)38-22-27(40)20-26(21-33(43)45-5)24-8-10-25(11-9-24)28-12-13-30(41)34-29(28)15-18-47-34;1-3-12(10,11)9-6-4-8(2)5-7-9;2-1-4-3;;;/h8-16,28-29,36H,6-7,17-27,30-32H2,1-5H3,(H,49,54);8-16,18-19,26,41H,6-7,17,20-22H2,1-5H3,(H,38,42);4-7H,3H2,1-2H3;1,3H;;;/q;;;;2*+1;-1/p-1/t36-;26-;;;;;/m00...../s1. The minimum absolute atomic E-state index is 0. The molecular weight excluding hydrogens is 1960 g/mol. The van der Waals surface area contributed by atoms with Gasteiger partial charge in [-0.15, -0.1) is 22.7 Å². The average Bonchev–Trinajstić information content (AvgIpc) is 1.58. The van der Waals surface area contributed by atoms with Crippen LogP contribution in [0.25, 0.3) is 52.9 Å². The first kappa shape index (κ1) is 114. The summed E-state index contributed by atoms with van der Waals surface area (Å²) in [5, 5.41) is 33.3. The van der Waals surface area contributed by atoms with Gasteiger partial charge in [0.15, 0.2) is 21.4 Å². The van der Waals surface area contributed by atoms with Crippen LogP contribution in [0.15, 0.2) is 167 Å². The van der Waals surface area contributed by atoms with Crippen molar-refractivity contribution in [2.24, 2.45) is 5.11 Å². The van der Waals surface area contributed by atoms with E-state index in [0.717, 1.165) is 76.0 Å². The molecule has 0 fully saturated rings. The number of Topliss-reactive ketones (excluding diaryl/α,β-unsaturated/α-hetero) is 2. The van der Waals surface area contributed by atoms with E-state index in [1.54, 1.807) is 103 Å². The van der Waals surface area contributed by atoms with Gasteiger partial charge in [-0.1, -0.05) is 78.3 Å². The minimum atomic E-state index is -3.01. The van der Waals surface area contributed by atoms with E-state index in [-0.39, 0.29) is 245 Å². The van der Waals surface area contributed by atoms with Gasteiger partial charge in [0, 0.05) is 85.2 Å². The number of carbonyl (C=O) groups is 9. The second-order valence-electron chi connectivity index (χ2n) is 30.8. The molecule has 0 radical (unpaired) electrons. The number of carbonyl (C=O) groups excluding carboxylic acids is 9. The Hall–Kier alpha value is -7.69. The Bertz CT molecular complexity index is 5210. The van der Waals surface area contributed by atoms with Gasteiger partial charge in [-0.05, 0) is 209 Å². The van der Waals surface area contributed by atoms with Crippen LogP contribution in [0.4, 0.5) is 21.2 Å². The number of aromatic hydroxyl groups is 1. The molecule has 4 aromatic heterocycles. The van der Waals surface area contributed by atoms with Crippen molar-refractivity contribution in [3.8, 4) is 33.8 Å². The molecule has 0 aliphatic heterocycles. The number of benzene rings is 5. The fourth-order valence-electron chi connectivity index (χ4n) is 12.4. The Morgan fingerprint density at radius 1 is 0.566 bits per heavy atom. The maximum Gasteiger partial charge on any atom is 1.00 e. The quantitative estimate of drug-likeness (QED) is 0.00368. The average molecular weight is 2080 g/mol. The van der Waals surface area contributed by atoms with Crippen LogP contribution >= 0.6 is 22.7 Å². The first-order chi connectivity index (χ1) is 60.7. The monoisotopic (exact) mass is 2080 g/mol. The van der Waals surface area contributed by atoms with Crippen molar-refractivity contribution in [2.75, 3.05) is 122 Å². The first-order valence-corrected chi connectivity index (χ1v) is 44.5. The van der Waals surface area contributed by atoms with Gasteiger partial charge in [-0.2, -0.15) is 0 Å². The number of phenolic OH excluding ortho intramolecular Hbond substituents is 1. The SMILES string of the molecule is CCS(=O)(=O)c1ccc(C)cc1.COC(=O)C[C@H](CC(=O)CNC(=O)CCCN(C(=O)OC(C)(C)C)c1cc(C)ccn1)c1ccc(-c2ccc(O)c3sccc23)cc1.COC(=O)C[C@H](CC(=O)CNC(=O)CCCN(C(=O)OC(C)(C)C)c1cc(C)ccn1)c1ccc(-c2ccc(OCCOCCOCCOCCOCCN=[N+]=[N-])c3sccc23)cc1.O=CO[O-].[Cs+].[Cs+].[H-]. The maximum atomic E-state index is 13.2. The summed E-state index contributed by atoms with van der Waals surface area (Å²) < 4.78 is 73.4. The number of nitrogens with one attached hydrogen (secondary N) is 2. The molecule has 37 heteroatoms. The van der Waals surface area contributed by atoms with Crippen molar-refractivity contribution in [1.29, 1.82) is 0 Å². The second kappa shape index (κ2) is 60.5. The third kappa shape index (κ3) is 42.0. The van der Waals surface area contributed by atoms with Crippen LogP contribution in [0.1, 0.15) is 141 Å². The van der Waals surface area contributed by atoms with Gasteiger partial charge in [0.2, 0.25) is 11.8 Å². The number of hydrogen-bond donors (Lipinski definition) is 3. The summed E-state index contributed by atoms with van der Waals surface area (Å²) in [5.41, 5.74) is 15.2. The summed E-state index contributed by atoms with van der Waals surface area (Å²) in [6.07, 6.45) is 2.96. The summed E-state index contributed by atoms with van der Waals surface area (Å²) in [5.74, 6) is -0.900. The number of anilines is 2. The molecule has 4 amide bonds. The molecule has 3 N–H and O–H groups in total. The Balaban J connectivity index is 0.000000575. The van der Waals surface area contributed by atoms with Crippen molar-refractivity contribution in [2.45, 2.75) is 149 Å². The first-order valence-electron chi connectivity index (χ1n) is 41.1. The maximum absolute atomic E-state index is 13.2. The van der Waals surface area contributed by atoms with Gasteiger partial charge >= 0.3 is 162 Å². The number of nitrogens with zero attached hydrogens (tertiary/aromatic N) is 7. The van der Waals surface area contributed by atoms with Crippen LogP contribution in [0, 0.1) is 20.8 Å². The molecule has 9 aromatic rings. The van der Waals surface area contributed by atoms with Gasteiger partial charge in [0.05, 0.1) is 113 Å². The molecular formula is C92H115Cs2N9O23S3. The molecule has 0 spiro atoms. The summed E-state index contributed by atoms with van der Waals surface area (Å²) in [7, 11) is -0.398. The molecule has 5 aromatic carbocycles. The Morgan fingerprint density at radius 2 is 0.977 bits per heavy atom. The van der Waals surface area contributed by atoms with Crippen LogP contribution in [0.2, 0.25) is 0 Å². The number of fused-ring (bicyclic) bond motifs is 2. The molecule has 0 saturated carbocycles. The minimum Gasteiger partial charge on any atom is -1.00 e. The van der Waals surface area contributed by atoms with Crippen molar-refractivity contribution in [1.82, 2.24) is 20.6 Å². The van der Waals surface area contributed by atoms with E-state index in [1.807, 2.05) is 129 Å². The number of rotatable bonds is 45. The number of pyridine rings is 2. The number of aromatic nitrogens is 2. The van der Waals surface area contributed by atoms with Crippen LogP contribution in [-0.2, 0) is 86.2 Å². The van der Waals surface area contributed by atoms with E-state index < -0.39 is 57.0 Å². The summed E-state index contributed by atoms with van der Waals surface area (Å²) in [4.78, 5) is 128. The zero-order valence-corrected chi connectivity index (χ0v) is 90.8. The number of ketones is 2. The number of hydrogen-bond acceptors (Lipinski definition) is 28. The number of thiophene rings is 2. The van der Waals surface area contributed by atoms with Gasteiger partial charge in [-0.25, -0.2) is 28.0 Å². The van der Waals surface area contributed by atoms with Crippen LogP contribution in [0.3, 0.4) is 0 Å². The number of sulfone groups is 1. The van der Waals surface area contributed by atoms with E-state index in [1.165, 1.54) is 35.4 Å². The molecule has 0 aliphatic carbocycles. The molecule has 0 aliphatic rings.